The summed E-state index contributed by atoms with van der Waals surface area (Å²) in [5.41, 5.74) is 1.54. The highest BCUT2D eigenvalue weighted by Gasteiger charge is 2.31. The number of aromatic nitrogens is 1. The maximum atomic E-state index is 12.9. The van der Waals surface area contributed by atoms with Crippen LogP contribution in [0.1, 0.15) is 23.4 Å². The fraction of sp³-hybridized carbons (Fsp3) is 0.238. The number of halogens is 1. The van der Waals surface area contributed by atoms with Crippen molar-refractivity contribution in [2.75, 3.05) is 6.61 Å². The van der Waals surface area contributed by atoms with E-state index in [1.165, 1.54) is 12.1 Å². The number of amides is 1. The molecule has 0 spiro atoms. The molecule has 4 rings (SSSR count). The first-order chi connectivity index (χ1) is 13.2. The number of carbonyl (C=O) groups is 1. The van der Waals surface area contributed by atoms with Crippen molar-refractivity contribution in [2.24, 2.45) is 5.92 Å². The fourth-order valence-electron chi connectivity index (χ4n) is 3.12. The van der Waals surface area contributed by atoms with Crippen molar-refractivity contribution in [3.63, 3.8) is 0 Å². The second kappa shape index (κ2) is 7.61. The fourth-order valence-corrected chi connectivity index (χ4v) is 3.12. The highest BCUT2D eigenvalue weighted by molar-refractivity contribution is 5.92. The molecule has 3 aromatic rings. The topological polar surface area (TPSA) is 64.4 Å². The van der Waals surface area contributed by atoms with Gasteiger partial charge in [-0.2, -0.15) is 0 Å². The van der Waals surface area contributed by atoms with Gasteiger partial charge in [-0.3, -0.25) is 4.79 Å². The van der Waals surface area contributed by atoms with Crippen LogP contribution in [0.5, 0.6) is 5.75 Å². The standard InChI is InChI=1S/C21H19FN2O3/c22-16-6-8-18(9-7-16)26-13-14-10-17(11-14)23-21(25)20-12-19(24-27-20)15-4-2-1-3-5-15/h1-9,12,14,17H,10-11,13H2,(H,23,25)/t14-,17+. The van der Waals surface area contributed by atoms with Crippen LogP contribution in [-0.4, -0.2) is 23.7 Å². The van der Waals surface area contributed by atoms with E-state index in [0.29, 0.717) is 24.0 Å². The maximum absolute atomic E-state index is 12.9. The first-order valence-corrected chi connectivity index (χ1v) is 8.89. The zero-order valence-electron chi connectivity index (χ0n) is 14.6. The molecule has 0 aliphatic heterocycles. The summed E-state index contributed by atoms with van der Waals surface area (Å²) >= 11 is 0. The molecule has 1 aromatic heterocycles. The minimum Gasteiger partial charge on any atom is -0.493 e. The van der Waals surface area contributed by atoms with Gasteiger partial charge < -0.3 is 14.6 Å². The summed E-state index contributed by atoms with van der Waals surface area (Å²) in [6.45, 7) is 0.554. The van der Waals surface area contributed by atoms with Crippen LogP contribution in [-0.2, 0) is 0 Å². The first kappa shape index (κ1) is 17.3. The molecule has 5 nitrogen and oxygen atoms in total. The Morgan fingerprint density at radius 2 is 1.89 bits per heavy atom. The van der Waals surface area contributed by atoms with Gasteiger partial charge in [0, 0.05) is 17.7 Å². The molecule has 1 fully saturated rings. The minimum atomic E-state index is -0.281. The summed E-state index contributed by atoms with van der Waals surface area (Å²) in [7, 11) is 0. The summed E-state index contributed by atoms with van der Waals surface area (Å²) in [6, 6.07) is 17.3. The molecule has 0 saturated heterocycles. The van der Waals surface area contributed by atoms with Gasteiger partial charge in [0.2, 0.25) is 5.76 Å². The molecule has 1 amide bonds. The van der Waals surface area contributed by atoms with Crippen LogP contribution in [0, 0.1) is 11.7 Å². The number of nitrogens with zero attached hydrogens (tertiary/aromatic N) is 1. The van der Waals surface area contributed by atoms with Crippen LogP contribution < -0.4 is 10.1 Å². The van der Waals surface area contributed by atoms with Gasteiger partial charge >= 0.3 is 0 Å². The Morgan fingerprint density at radius 3 is 2.63 bits per heavy atom. The molecule has 0 atom stereocenters. The molecule has 0 bridgehead atoms. The van der Waals surface area contributed by atoms with Crippen molar-refractivity contribution in [1.82, 2.24) is 10.5 Å². The molecule has 27 heavy (non-hydrogen) atoms. The van der Waals surface area contributed by atoms with Gasteiger partial charge in [-0.15, -0.1) is 0 Å². The van der Waals surface area contributed by atoms with Gasteiger partial charge in [-0.05, 0) is 43.0 Å². The van der Waals surface area contributed by atoms with Crippen LogP contribution >= 0.6 is 0 Å². The maximum Gasteiger partial charge on any atom is 0.290 e. The predicted molar refractivity (Wildman–Crippen MR) is 97.8 cm³/mol. The summed E-state index contributed by atoms with van der Waals surface area (Å²) < 4.78 is 23.7. The number of carbonyl (C=O) groups excluding carboxylic acids is 1. The molecule has 138 valence electrons. The number of hydrogen-bond donors (Lipinski definition) is 1. The molecule has 6 heteroatoms. The van der Waals surface area contributed by atoms with Crippen LogP contribution in [0.3, 0.4) is 0 Å². The molecule has 0 unspecified atom stereocenters. The minimum absolute atomic E-state index is 0.101. The monoisotopic (exact) mass is 366 g/mol. The Kier molecular flexibility index (Phi) is 4.87. The van der Waals surface area contributed by atoms with Crippen LogP contribution in [0.2, 0.25) is 0 Å². The van der Waals surface area contributed by atoms with Crippen LogP contribution in [0.4, 0.5) is 4.39 Å². The second-order valence-corrected chi connectivity index (χ2v) is 6.72. The molecule has 1 heterocycles. The highest BCUT2D eigenvalue weighted by Crippen LogP contribution is 2.29. The number of nitrogens with one attached hydrogen (secondary N) is 1. The molecular formula is C21H19FN2O3. The van der Waals surface area contributed by atoms with Crippen molar-refractivity contribution in [2.45, 2.75) is 18.9 Å². The molecule has 2 aromatic carbocycles. The Balaban J connectivity index is 1.23. The lowest BCUT2D eigenvalue weighted by Gasteiger charge is -2.35. The van der Waals surface area contributed by atoms with E-state index in [9.17, 15) is 9.18 Å². The normalized spacial score (nSPS) is 18.6. The Hall–Kier alpha value is -3.15. The van der Waals surface area contributed by atoms with Crippen molar-refractivity contribution in [1.29, 1.82) is 0 Å². The average molecular weight is 366 g/mol. The van der Waals surface area contributed by atoms with E-state index in [-0.39, 0.29) is 23.5 Å². The lowest BCUT2D eigenvalue weighted by molar-refractivity contribution is 0.0815. The lowest BCUT2D eigenvalue weighted by Crippen LogP contribution is -2.45. The van der Waals surface area contributed by atoms with Gasteiger partial charge in [0.05, 0.1) is 6.61 Å². The van der Waals surface area contributed by atoms with E-state index in [4.69, 9.17) is 9.26 Å². The molecule has 1 aliphatic carbocycles. The summed E-state index contributed by atoms with van der Waals surface area (Å²) in [6.07, 6.45) is 1.68. The molecule has 1 aliphatic rings. The number of ether oxygens (including phenoxy) is 1. The smallest absolute Gasteiger partial charge is 0.290 e. The summed E-state index contributed by atoms with van der Waals surface area (Å²) in [5.74, 6) is 0.693. The van der Waals surface area contributed by atoms with E-state index in [2.05, 4.69) is 10.5 Å². The van der Waals surface area contributed by atoms with Crippen molar-refractivity contribution >= 4 is 5.91 Å². The van der Waals surface area contributed by atoms with E-state index in [1.54, 1.807) is 18.2 Å². The van der Waals surface area contributed by atoms with Gasteiger partial charge in [0.25, 0.3) is 5.91 Å². The van der Waals surface area contributed by atoms with E-state index in [0.717, 1.165) is 18.4 Å². The third-order valence-electron chi connectivity index (χ3n) is 4.67. The zero-order chi connectivity index (χ0) is 18.6. The zero-order valence-corrected chi connectivity index (χ0v) is 14.6. The predicted octanol–water partition coefficient (Wildman–Crippen LogP) is 4.07. The first-order valence-electron chi connectivity index (χ1n) is 8.89. The lowest BCUT2D eigenvalue weighted by atomic mass is 9.81. The second-order valence-electron chi connectivity index (χ2n) is 6.72. The number of hydrogen-bond acceptors (Lipinski definition) is 4. The van der Waals surface area contributed by atoms with Gasteiger partial charge in [-0.1, -0.05) is 35.5 Å². The molecule has 0 radical (unpaired) electrons. The van der Waals surface area contributed by atoms with Gasteiger partial charge in [-0.25, -0.2) is 4.39 Å². The molecular weight excluding hydrogens is 347 g/mol. The highest BCUT2D eigenvalue weighted by atomic mass is 19.1. The third-order valence-corrected chi connectivity index (χ3v) is 4.67. The van der Waals surface area contributed by atoms with Crippen LogP contribution in [0.15, 0.2) is 65.2 Å². The van der Waals surface area contributed by atoms with E-state index >= 15 is 0 Å². The van der Waals surface area contributed by atoms with Crippen molar-refractivity contribution in [3.05, 3.63) is 72.2 Å². The Bertz CT molecular complexity index is 903. The Labute approximate surface area is 156 Å². The number of benzene rings is 2. The SMILES string of the molecule is O=C(N[C@H]1C[C@@H](COc2ccc(F)cc2)C1)c1cc(-c2ccccc2)no1. The third kappa shape index (κ3) is 4.16. The van der Waals surface area contributed by atoms with Gasteiger partial charge in [0.15, 0.2) is 0 Å². The van der Waals surface area contributed by atoms with Crippen molar-refractivity contribution < 1.29 is 18.4 Å². The summed E-state index contributed by atoms with van der Waals surface area (Å²) in [4.78, 5) is 12.3. The van der Waals surface area contributed by atoms with Gasteiger partial charge in [0.1, 0.15) is 17.3 Å². The quantitative estimate of drug-likeness (QED) is 0.714. The largest absolute Gasteiger partial charge is 0.493 e. The number of rotatable bonds is 6. The van der Waals surface area contributed by atoms with Crippen molar-refractivity contribution in [3.8, 4) is 17.0 Å². The Morgan fingerprint density at radius 1 is 1.15 bits per heavy atom. The average Bonchev–Trinajstić information content (AvgIpc) is 3.16. The summed E-state index contributed by atoms with van der Waals surface area (Å²) in [5, 5.41) is 6.92. The molecule has 1 saturated carbocycles. The van der Waals surface area contributed by atoms with E-state index < -0.39 is 0 Å². The molecule has 1 N–H and O–H groups in total. The van der Waals surface area contributed by atoms with E-state index in [1.807, 2.05) is 30.3 Å². The van der Waals surface area contributed by atoms with Crippen LogP contribution in [0.25, 0.3) is 11.3 Å².